The van der Waals surface area contributed by atoms with Crippen molar-refractivity contribution < 1.29 is 9.59 Å². The van der Waals surface area contributed by atoms with E-state index in [0.717, 1.165) is 33.6 Å². The van der Waals surface area contributed by atoms with Crippen LogP contribution >= 0.6 is 11.8 Å². The topological polar surface area (TPSA) is 74.1 Å². The number of rotatable bonds is 5. The van der Waals surface area contributed by atoms with Crippen LogP contribution in [0, 0.1) is 13.8 Å². The molecule has 2 amide bonds. The number of thioether (sulfide) groups is 1. The monoisotopic (exact) mass is 482 g/mol. The minimum Gasteiger partial charge on any atom is -0.325 e. The molecule has 2 heterocycles. The molecule has 0 spiro atoms. The van der Waals surface area contributed by atoms with E-state index in [1.807, 2.05) is 93.6 Å². The van der Waals surface area contributed by atoms with Gasteiger partial charge in [0.05, 0.1) is 10.9 Å². The summed E-state index contributed by atoms with van der Waals surface area (Å²) in [5.74, 6) is 0.320. The lowest BCUT2D eigenvalue weighted by atomic mass is 10.1. The highest BCUT2D eigenvalue weighted by atomic mass is 32.2. The molecule has 0 radical (unpaired) electrons. The number of fused-ring (bicyclic) bond motifs is 3. The third-order valence-corrected chi connectivity index (χ3v) is 7.54. The molecular weight excluding hydrogens is 456 g/mol. The van der Waals surface area contributed by atoms with Gasteiger partial charge in [0.15, 0.2) is 11.2 Å². The predicted octanol–water partition coefficient (Wildman–Crippen LogP) is 5.79. The summed E-state index contributed by atoms with van der Waals surface area (Å²) >= 11 is 1.31. The first-order valence-electron chi connectivity index (χ1n) is 11.7. The van der Waals surface area contributed by atoms with Crippen LogP contribution in [0.2, 0.25) is 0 Å². The number of hydrogen-bond donors (Lipinski definition) is 1. The van der Waals surface area contributed by atoms with Crippen molar-refractivity contribution in [3.63, 3.8) is 0 Å². The Morgan fingerprint density at radius 2 is 1.69 bits per heavy atom. The van der Waals surface area contributed by atoms with Gasteiger partial charge < -0.3 is 5.32 Å². The zero-order valence-electron chi connectivity index (χ0n) is 19.9. The minimum atomic E-state index is -0.633. The first-order valence-corrected chi connectivity index (χ1v) is 12.5. The van der Waals surface area contributed by atoms with E-state index in [0.29, 0.717) is 17.4 Å². The van der Waals surface area contributed by atoms with Crippen LogP contribution in [0.1, 0.15) is 41.6 Å². The molecule has 0 saturated carbocycles. The van der Waals surface area contributed by atoms with E-state index in [9.17, 15) is 9.59 Å². The molecular formula is C28H26N4O2S. The third-order valence-electron chi connectivity index (χ3n) is 6.23. The van der Waals surface area contributed by atoms with Gasteiger partial charge in [0, 0.05) is 11.3 Å². The van der Waals surface area contributed by atoms with Crippen molar-refractivity contribution in [1.82, 2.24) is 4.90 Å². The van der Waals surface area contributed by atoms with Crippen molar-refractivity contribution >= 4 is 46.0 Å². The zero-order chi connectivity index (χ0) is 24.5. The molecule has 0 aromatic heterocycles. The van der Waals surface area contributed by atoms with Crippen LogP contribution in [0.4, 0.5) is 11.4 Å². The maximum Gasteiger partial charge on any atom is 0.263 e. The van der Waals surface area contributed by atoms with Crippen LogP contribution in [-0.4, -0.2) is 33.0 Å². The van der Waals surface area contributed by atoms with Gasteiger partial charge in [-0.2, -0.15) is 0 Å². The number of carbonyl (C=O) groups excluding carboxylic acids is 2. The molecule has 5 rings (SSSR count). The van der Waals surface area contributed by atoms with Gasteiger partial charge in [-0.1, -0.05) is 79.3 Å². The summed E-state index contributed by atoms with van der Waals surface area (Å²) in [6, 6.07) is 22.5. The maximum atomic E-state index is 13.6. The number of amides is 2. The van der Waals surface area contributed by atoms with Crippen LogP contribution in [0.15, 0.2) is 82.8 Å². The highest BCUT2D eigenvalue weighted by molar-refractivity contribution is 8.15. The highest BCUT2D eigenvalue weighted by Gasteiger charge is 2.43. The second-order valence-electron chi connectivity index (χ2n) is 8.62. The van der Waals surface area contributed by atoms with Crippen LogP contribution < -0.4 is 5.32 Å². The average molecular weight is 483 g/mol. The lowest BCUT2D eigenvalue weighted by Gasteiger charge is -2.27. The van der Waals surface area contributed by atoms with Crippen LogP contribution in [0.3, 0.4) is 0 Å². The molecule has 2 atom stereocenters. The number of nitrogens with zero attached hydrogens (tertiary/aromatic N) is 3. The molecule has 1 N–H and O–H groups in total. The number of hydrogen-bond acceptors (Lipinski definition) is 5. The molecule has 2 aliphatic heterocycles. The summed E-state index contributed by atoms with van der Waals surface area (Å²) in [6.07, 6.45) is 0.582. The van der Waals surface area contributed by atoms with Crippen molar-refractivity contribution in [3.8, 4) is 0 Å². The number of benzene rings is 3. The molecule has 176 valence electrons. The lowest BCUT2D eigenvalue weighted by molar-refractivity contribution is -0.124. The Morgan fingerprint density at radius 3 is 2.40 bits per heavy atom. The lowest BCUT2D eigenvalue weighted by Crippen LogP contribution is -2.41. The first kappa shape index (κ1) is 23.1. The predicted molar refractivity (Wildman–Crippen MR) is 142 cm³/mol. The van der Waals surface area contributed by atoms with Crippen LogP contribution in [0.5, 0.6) is 0 Å². The summed E-state index contributed by atoms with van der Waals surface area (Å²) < 4.78 is 0. The Bertz CT molecular complexity index is 1350. The van der Waals surface area contributed by atoms with E-state index in [-0.39, 0.29) is 11.8 Å². The van der Waals surface area contributed by atoms with E-state index < -0.39 is 11.3 Å². The summed E-state index contributed by atoms with van der Waals surface area (Å²) in [6.45, 7) is 5.93. The number of aryl methyl sites for hydroxylation is 2. The minimum absolute atomic E-state index is 0.110. The van der Waals surface area contributed by atoms with Crippen LogP contribution in [0.25, 0.3) is 0 Å². The fourth-order valence-corrected chi connectivity index (χ4v) is 5.37. The van der Waals surface area contributed by atoms with Crippen molar-refractivity contribution in [2.45, 2.75) is 38.5 Å². The molecule has 2 aliphatic rings. The molecule has 7 heteroatoms. The third kappa shape index (κ3) is 4.28. The Hall–Kier alpha value is -3.71. The van der Waals surface area contributed by atoms with E-state index in [4.69, 9.17) is 9.98 Å². The van der Waals surface area contributed by atoms with E-state index in [1.54, 1.807) is 4.90 Å². The summed E-state index contributed by atoms with van der Waals surface area (Å²) in [5, 5.41) is 3.15. The molecule has 0 bridgehead atoms. The van der Waals surface area contributed by atoms with Crippen molar-refractivity contribution in [2.24, 2.45) is 9.98 Å². The molecule has 3 aromatic rings. The fraction of sp³-hybridized carbons (Fsp3) is 0.214. The average Bonchev–Trinajstić information content (AvgIpc) is 3.23. The smallest absolute Gasteiger partial charge is 0.263 e. The molecule has 0 saturated heterocycles. The normalized spacial score (nSPS) is 17.3. The zero-order valence-corrected chi connectivity index (χ0v) is 20.7. The first-order chi connectivity index (χ1) is 17.0. The summed E-state index contributed by atoms with van der Waals surface area (Å²) in [4.78, 5) is 38.1. The summed E-state index contributed by atoms with van der Waals surface area (Å²) in [5.41, 5.74) is 5.25. The fourth-order valence-electron chi connectivity index (χ4n) is 4.35. The van der Waals surface area contributed by atoms with Gasteiger partial charge in [0.2, 0.25) is 5.91 Å². The number of carbonyl (C=O) groups is 2. The molecule has 3 aromatic carbocycles. The molecule has 35 heavy (non-hydrogen) atoms. The van der Waals surface area contributed by atoms with Crippen molar-refractivity contribution in [2.75, 3.05) is 5.32 Å². The van der Waals surface area contributed by atoms with Gasteiger partial charge in [0.1, 0.15) is 5.84 Å². The quantitative estimate of drug-likeness (QED) is 0.501. The molecule has 0 aliphatic carbocycles. The number of para-hydroxylation sites is 2. The number of anilines is 1. The number of aliphatic imine (C=N–C) groups is 2. The molecule has 0 unspecified atom stereocenters. The number of nitrogens with one attached hydrogen (secondary N) is 1. The van der Waals surface area contributed by atoms with Crippen LogP contribution in [-0.2, 0) is 9.59 Å². The van der Waals surface area contributed by atoms with E-state index in [1.165, 1.54) is 11.8 Å². The maximum absolute atomic E-state index is 13.6. The molecule has 6 nitrogen and oxygen atoms in total. The van der Waals surface area contributed by atoms with Gasteiger partial charge in [-0.25, -0.2) is 14.9 Å². The second-order valence-corrected chi connectivity index (χ2v) is 9.79. The van der Waals surface area contributed by atoms with Gasteiger partial charge in [-0.3, -0.25) is 9.59 Å². The Kier molecular flexibility index (Phi) is 6.26. The highest BCUT2D eigenvalue weighted by Crippen LogP contribution is 2.39. The summed E-state index contributed by atoms with van der Waals surface area (Å²) in [7, 11) is 0. The number of amidine groups is 2. The van der Waals surface area contributed by atoms with Gasteiger partial charge >= 0.3 is 0 Å². The Morgan fingerprint density at radius 1 is 1.00 bits per heavy atom. The Labute approximate surface area is 209 Å². The van der Waals surface area contributed by atoms with Gasteiger partial charge in [-0.05, 0) is 49.1 Å². The van der Waals surface area contributed by atoms with Crippen molar-refractivity contribution in [1.29, 1.82) is 0 Å². The standard InChI is InChI=1S/C28H26N4O2S/c1-4-22(26(33)31-23-17(2)11-10-12-18(23)3)35-28-29-21-16-9-8-15-20(21)25-30-24(27(34)32(25)28)19-13-6-5-7-14-19/h5-16,22,24H,4H2,1-3H3,(H,31,33)/t22-,24+/m1/s1. The van der Waals surface area contributed by atoms with E-state index >= 15 is 0 Å². The SMILES string of the molecule is CC[C@@H](SC1=Nc2ccccc2C2=N[C@@H](c3ccccc3)C(=O)N12)C(=O)Nc1c(C)cccc1C. The largest absolute Gasteiger partial charge is 0.325 e. The molecule has 0 fully saturated rings. The van der Waals surface area contributed by atoms with Gasteiger partial charge in [0.25, 0.3) is 5.91 Å². The Balaban J connectivity index is 1.47. The second kappa shape index (κ2) is 9.50. The van der Waals surface area contributed by atoms with E-state index in [2.05, 4.69) is 5.32 Å². The van der Waals surface area contributed by atoms with Gasteiger partial charge in [-0.15, -0.1) is 0 Å². The van der Waals surface area contributed by atoms with Crippen molar-refractivity contribution in [3.05, 3.63) is 95.1 Å².